The van der Waals surface area contributed by atoms with Crippen molar-refractivity contribution in [3.05, 3.63) is 0 Å². The number of hydrogen-bond acceptors (Lipinski definition) is 3. The molecule has 5 unspecified atom stereocenters. The molecule has 0 aromatic carbocycles. The third-order valence-electron chi connectivity index (χ3n) is 6.47. The zero-order chi connectivity index (χ0) is 13.7. The van der Waals surface area contributed by atoms with Crippen LogP contribution in [0.1, 0.15) is 38.5 Å². The minimum absolute atomic E-state index is 0.129. The van der Waals surface area contributed by atoms with E-state index in [9.17, 15) is 4.79 Å². The van der Waals surface area contributed by atoms with Gasteiger partial charge in [-0.25, -0.2) is 0 Å². The summed E-state index contributed by atoms with van der Waals surface area (Å²) in [6.07, 6.45) is 7.68. The van der Waals surface area contributed by atoms with Crippen LogP contribution in [0.2, 0.25) is 0 Å². The second kappa shape index (κ2) is 4.99. The van der Waals surface area contributed by atoms with E-state index in [0.717, 1.165) is 25.6 Å². The molecule has 4 nitrogen and oxygen atoms in total. The third kappa shape index (κ3) is 2.00. The Hall–Kier alpha value is -0.610. The smallest absolute Gasteiger partial charge is 0.240 e. The van der Waals surface area contributed by atoms with Crippen LogP contribution >= 0.6 is 0 Å². The Bertz CT molecular complexity index is 399. The highest BCUT2D eigenvalue weighted by molar-refractivity contribution is 5.83. The molecule has 1 aliphatic carbocycles. The van der Waals surface area contributed by atoms with E-state index in [1.165, 1.54) is 38.5 Å². The summed E-state index contributed by atoms with van der Waals surface area (Å²) in [5, 5.41) is 3.53. The van der Waals surface area contributed by atoms with E-state index in [-0.39, 0.29) is 6.04 Å². The first-order valence-corrected chi connectivity index (χ1v) is 8.48. The monoisotopic (exact) mass is 277 g/mol. The first kappa shape index (κ1) is 13.1. The Kier molecular flexibility index (Phi) is 3.26. The molecule has 4 heteroatoms. The van der Waals surface area contributed by atoms with Crippen LogP contribution in [0.3, 0.4) is 0 Å². The number of carbonyl (C=O) groups excluding carboxylic acids is 1. The number of nitrogens with zero attached hydrogens (tertiary/aromatic N) is 2. The average molecular weight is 277 g/mol. The molecule has 3 saturated heterocycles. The molecule has 0 radical (unpaired) electrons. The summed E-state index contributed by atoms with van der Waals surface area (Å²) in [7, 11) is 2.25. The molecule has 4 aliphatic rings. The maximum atomic E-state index is 12.9. The number of fused-ring (bicyclic) bond motifs is 3. The fraction of sp³-hybridized carbons (Fsp3) is 0.938. The third-order valence-corrected chi connectivity index (χ3v) is 6.47. The molecule has 1 N–H and O–H groups in total. The van der Waals surface area contributed by atoms with Gasteiger partial charge in [-0.2, -0.15) is 0 Å². The zero-order valence-electron chi connectivity index (χ0n) is 12.6. The standard InChI is InChI=1S/C16H27N3O/c1-18-12-5-6-13(18)10-19(8-7-12)16(20)15-14-4-2-3-11(14)9-17-15/h11-15,17H,2-10H2,1H3. The topological polar surface area (TPSA) is 35.6 Å². The van der Waals surface area contributed by atoms with E-state index in [1.54, 1.807) is 0 Å². The van der Waals surface area contributed by atoms with Crippen molar-refractivity contribution < 1.29 is 4.79 Å². The summed E-state index contributed by atoms with van der Waals surface area (Å²) in [6, 6.07) is 1.45. The van der Waals surface area contributed by atoms with Crippen LogP contribution in [0.15, 0.2) is 0 Å². The number of likely N-dealkylation sites (tertiary alicyclic amines) is 1. The minimum Gasteiger partial charge on any atom is -0.340 e. The molecular formula is C16H27N3O. The summed E-state index contributed by atoms with van der Waals surface area (Å²) < 4.78 is 0. The van der Waals surface area contributed by atoms with E-state index < -0.39 is 0 Å². The molecule has 4 fully saturated rings. The van der Waals surface area contributed by atoms with Gasteiger partial charge in [0.05, 0.1) is 6.04 Å². The second-order valence-corrected chi connectivity index (χ2v) is 7.36. The van der Waals surface area contributed by atoms with Crippen molar-refractivity contribution in [2.24, 2.45) is 11.8 Å². The van der Waals surface area contributed by atoms with Gasteiger partial charge in [0, 0.05) is 25.2 Å². The van der Waals surface area contributed by atoms with Gasteiger partial charge in [-0.05, 0) is 57.5 Å². The maximum absolute atomic E-state index is 12.9. The quantitative estimate of drug-likeness (QED) is 0.779. The number of carbonyl (C=O) groups is 1. The Morgan fingerprint density at radius 3 is 2.85 bits per heavy atom. The molecular weight excluding hydrogens is 250 g/mol. The molecule has 0 aromatic rings. The van der Waals surface area contributed by atoms with Gasteiger partial charge in [0.25, 0.3) is 0 Å². The molecule has 0 spiro atoms. The van der Waals surface area contributed by atoms with Gasteiger partial charge in [0.1, 0.15) is 0 Å². The van der Waals surface area contributed by atoms with Crippen molar-refractivity contribution in [2.75, 3.05) is 26.7 Å². The van der Waals surface area contributed by atoms with Crippen LogP contribution in [-0.4, -0.2) is 60.5 Å². The fourth-order valence-corrected chi connectivity index (χ4v) is 5.16. The molecule has 3 heterocycles. The molecule has 112 valence electrons. The predicted molar refractivity (Wildman–Crippen MR) is 78.4 cm³/mol. The highest BCUT2D eigenvalue weighted by Crippen LogP contribution is 2.38. The van der Waals surface area contributed by atoms with Crippen LogP contribution in [0, 0.1) is 11.8 Å². The number of nitrogens with one attached hydrogen (secondary N) is 1. The van der Waals surface area contributed by atoms with E-state index >= 15 is 0 Å². The largest absolute Gasteiger partial charge is 0.340 e. The lowest BCUT2D eigenvalue weighted by Crippen LogP contribution is -2.49. The molecule has 3 aliphatic heterocycles. The van der Waals surface area contributed by atoms with Gasteiger partial charge < -0.3 is 10.2 Å². The van der Waals surface area contributed by atoms with Crippen LogP contribution in [0.4, 0.5) is 0 Å². The molecule has 5 atom stereocenters. The van der Waals surface area contributed by atoms with Crippen molar-refractivity contribution in [3.63, 3.8) is 0 Å². The van der Waals surface area contributed by atoms with Gasteiger partial charge >= 0.3 is 0 Å². The van der Waals surface area contributed by atoms with Crippen LogP contribution in [0.5, 0.6) is 0 Å². The summed E-state index contributed by atoms with van der Waals surface area (Å²) in [6.45, 7) is 3.00. The Morgan fingerprint density at radius 1 is 1.10 bits per heavy atom. The van der Waals surface area contributed by atoms with Crippen molar-refractivity contribution in [2.45, 2.75) is 56.7 Å². The first-order chi connectivity index (χ1) is 9.74. The highest BCUT2D eigenvalue weighted by atomic mass is 16.2. The number of rotatable bonds is 1. The van der Waals surface area contributed by atoms with Crippen molar-refractivity contribution in [1.29, 1.82) is 0 Å². The second-order valence-electron chi connectivity index (χ2n) is 7.36. The molecule has 1 saturated carbocycles. The number of hydrogen-bond donors (Lipinski definition) is 1. The lowest BCUT2D eigenvalue weighted by Gasteiger charge is -2.29. The lowest BCUT2D eigenvalue weighted by atomic mass is 9.93. The first-order valence-electron chi connectivity index (χ1n) is 8.48. The van der Waals surface area contributed by atoms with Gasteiger partial charge in [0.2, 0.25) is 5.91 Å². The van der Waals surface area contributed by atoms with Crippen molar-refractivity contribution in [1.82, 2.24) is 15.1 Å². The number of likely N-dealkylation sites (N-methyl/N-ethyl adjacent to an activating group) is 1. The highest BCUT2D eigenvalue weighted by Gasteiger charge is 2.45. The van der Waals surface area contributed by atoms with Gasteiger partial charge in [-0.3, -0.25) is 9.69 Å². The zero-order valence-corrected chi connectivity index (χ0v) is 12.6. The molecule has 20 heavy (non-hydrogen) atoms. The predicted octanol–water partition coefficient (Wildman–Crippen LogP) is 1.07. The molecule has 2 bridgehead atoms. The van der Waals surface area contributed by atoms with E-state index in [2.05, 4.69) is 22.2 Å². The summed E-state index contributed by atoms with van der Waals surface area (Å²) in [5.41, 5.74) is 0. The van der Waals surface area contributed by atoms with Gasteiger partial charge in [-0.1, -0.05) is 6.42 Å². The summed E-state index contributed by atoms with van der Waals surface area (Å²) in [5.74, 6) is 1.80. The van der Waals surface area contributed by atoms with Crippen molar-refractivity contribution >= 4 is 5.91 Å². The Labute approximate surface area is 121 Å². The van der Waals surface area contributed by atoms with Crippen LogP contribution < -0.4 is 5.32 Å². The average Bonchev–Trinajstić information content (AvgIpc) is 3.05. The van der Waals surface area contributed by atoms with Crippen molar-refractivity contribution in [3.8, 4) is 0 Å². The van der Waals surface area contributed by atoms with Crippen LogP contribution in [0.25, 0.3) is 0 Å². The van der Waals surface area contributed by atoms with Gasteiger partial charge in [0.15, 0.2) is 0 Å². The normalized spacial score (nSPS) is 44.6. The number of amides is 1. The van der Waals surface area contributed by atoms with E-state index in [1.807, 2.05) is 0 Å². The lowest BCUT2D eigenvalue weighted by molar-refractivity contribution is -0.134. The molecule has 4 rings (SSSR count). The maximum Gasteiger partial charge on any atom is 0.240 e. The molecule has 1 amide bonds. The minimum atomic E-state index is 0.129. The van der Waals surface area contributed by atoms with Crippen LogP contribution in [-0.2, 0) is 4.79 Å². The van der Waals surface area contributed by atoms with E-state index in [0.29, 0.717) is 23.9 Å². The van der Waals surface area contributed by atoms with E-state index in [4.69, 9.17) is 0 Å². The van der Waals surface area contributed by atoms with Gasteiger partial charge in [-0.15, -0.1) is 0 Å². The Morgan fingerprint density at radius 2 is 1.95 bits per heavy atom. The summed E-state index contributed by atoms with van der Waals surface area (Å²) in [4.78, 5) is 17.6. The molecule has 0 aromatic heterocycles. The fourth-order valence-electron chi connectivity index (χ4n) is 5.16. The summed E-state index contributed by atoms with van der Waals surface area (Å²) >= 11 is 0. The Balaban J connectivity index is 1.46. The SMILES string of the molecule is CN1C2CCC1CN(C(=O)C1NCC3CCCC31)CC2.